The van der Waals surface area contributed by atoms with Crippen molar-refractivity contribution in [2.45, 2.75) is 58.3 Å². The molecule has 1 unspecified atom stereocenters. The highest BCUT2D eigenvalue weighted by Crippen LogP contribution is 2.33. The number of ether oxygens (including phenoxy) is 1. The van der Waals surface area contributed by atoms with Crippen LogP contribution in [0.25, 0.3) is 0 Å². The highest BCUT2D eigenvalue weighted by Gasteiger charge is 2.23. The molecule has 1 aromatic carbocycles. The van der Waals surface area contributed by atoms with Crippen LogP contribution in [-0.2, 0) is 5.41 Å². The average molecular weight is 234 g/mol. The molecule has 0 spiro atoms. The summed E-state index contributed by atoms with van der Waals surface area (Å²) in [5, 5.41) is 0. The highest BCUT2D eigenvalue weighted by atomic mass is 16.5. The third-order valence-corrected chi connectivity index (χ3v) is 3.90. The van der Waals surface area contributed by atoms with Gasteiger partial charge in [0.05, 0.1) is 7.11 Å². The summed E-state index contributed by atoms with van der Waals surface area (Å²) < 4.78 is 5.21. The summed E-state index contributed by atoms with van der Waals surface area (Å²) in [4.78, 5) is 0. The summed E-state index contributed by atoms with van der Waals surface area (Å²) in [5.41, 5.74) is 1.76. The van der Waals surface area contributed by atoms with Gasteiger partial charge in [0.2, 0.25) is 0 Å². The lowest BCUT2D eigenvalue weighted by Gasteiger charge is -2.29. The van der Waals surface area contributed by atoms with Gasteiger partial charge >= 0.3 is 0 Å². The fourth-order valence-corrected chi connectivity index (χ4v) is 2.28. The predicted molar refractivity (Wildman–Crippen MR) is 74.8 cm³/mol. The fraction of sp³-hybridized carbons (Fsp3) is 0.625. The molecule has 0 aliphatic heterocycles. The number of methoxy groups -OCH3 is 1. The molecule has 1 aromatic rings. The largest absolute Gasteiger partial charge is 0.497 e. The quantitative estimate of drug-likeness (QED) is 0.607. The Morgan fingerprint density at radius 2 is 1.71 bits per heavy atom. The molecule has 0 radical (unpaired) electrons. The van der Waals surface area contributed by atoms with Crippen LogP contribution in [0.4, 0.5) is 0 Å². The maximum atomic E-state index is 5.21. The van der Waals surface area contributed by atoms with E-state index < -0.39 is 0 Å². The van der Waals surface area contributed by atoms with E-state index in [0.717, 1.165) is 5.75 Å². The summed E-state index contributed by atoms with van der Waals surface area (Å²) in [6.45, 7) is 6.93. The van der Waals surface area contributed by atoms with E-state index >= 15 is 0 Å². The first-order chi connectivity index (χ1) is 8.16. The monoisotopic (exact) mass is 234 g/mol. The lowest BCUT2D eigenvalue weighted by atomic mass is 9.76. The van der Waals surface area contributed by atoms with Gasteiger partial charge in [-0.15, -0.1) is 0 Å². The van der Waals surface area contributed by atoms with E-state index in [1.165, 1.54) is 37.7 Å². The van der Waals surface area contributed by atoms with E-state index in [2.05, 4.69) is 45.0 Å². The Bertz CT molecular complexity index is 315. The second-order valence-corrected chi connectivity index (χ2v) is 5.10. The molecule has 0 heterocycles. The van der Waals surface area contributed by atoms with Crippen molar-refractivity contribution in [2.24, 2.45) is 0 Å². The summed E-state index contributed by atoms with van der Waals surface area (Å²) in [6.07, 6.45) is 6.44. The van der Waals surface area contributed by atoms with E-state index in [-0.39, 0.29) is 0 Å². The van der Waals surface area contributed by atoms with Crippen molar-refractivity contribution in [3.63, 3.8) is 0 Å². The van der Waals surface area contributed by atoms with Crippen molar-refractivity contribution in [1.82, 2.24) is 0 Å². The summed E-state index contributed by atoms with van der Waals surface area (Å²) in [6, 6.07) is 8.58. The van der Waals surface area contributed by atoms with E-state index in [0.29, 0.717) is 5.41 Å². The minimum atomic E-state index is 0.321. The van der Waals surface area contributed by atoms with Crippen molar-refractivity contribution in [3.05, 3.63) is 29.8 Å². The van der Waals surface area contributed by atoms with Gasteiger partial charge in [-0.2, -0.15) is 0 Å². The zero-order chi connectivity index (χ0) is 12.7. The Morgan fingerprint density at radius 1 is 1.06 bits per heavy atom. The molecule has 1 heteroatoms. The van der Waals surface area contributed by atoms with Gasteiger partial charge in [0, 0.05) is 0 Å². The van der Waals surface area contributed by atoms with Crippen molar-refractivity contribution in [3.8, 4) is 5.75 Å². The first-order valence-electron chi connectivity index (χ1n) is 6.81. The SMILES string of the molecule is CCCCCC(C)(CC)c1ccc(OC)cc1. The van der Waals surface area contributed by atoms with E-state index in [9.17, 15) is 0 Å². The lowest BCUT2D eigenvalue weighted by molar-refractivity contribution is 0.394. The van der Waals surface area contributed by atoms with Crippen LogP contribution in [0.15, 0.2) is 24.3 Å². The van der Waals surface area contributed by atoms with E-state index in [4.69, 9.17) is 4.74 Å². The van der Waals surface area contributed by atoms with E-state index in [1.807, 2.05) is 0 Å². The molecule has 0 saturated heterocycles. The van der Waals surface area contributed by atoms with Gasteiger partial charge < -0.3 is 4.74 Å². The Morgan fingerprint density at radius 3 is 2.18 bits per heavy atom. The minimum Gasteiger partial charge on any atom is -0.497 e. The van der Waals surface area contributed by atoms with Gasteiger partial charge in [-0.25, -0.2) is 0 Å². The fourth-order valence-electron chi connectivity index (χ4n) is 2.28. The summed E-state index contributed by atoms with van der Waals surface area (Å²) >= 11 is 0. The van der Waals surface area contributed by atoms with Crippen molar-refractivity contribution in [2.75, 3.05) is 7.11 Å². The zero-order valence-corrected chi connectivity index (χ0v) is 11.8. The van der Waals surface area contributed by atoms with Gasteiger partial charge in [-0.3, -0.25) is 0 Å². The van der Waals surface area contributed by atoms with Crippen LogP contribution >= 0.6 is 0 Å². The standard InChI is InChI=1S/C16H26O/c1-5-7-8-13-16(3,6-2)14-9-11-15(17-4)12-10-14/h9-12H,5-8,13H2,1-4H3. The Hall–Kier alpha value is -0.980. The van der Waals surface area contributed by atoms with Crippen LogP contribution in [0.5, 0.6) is 5.75 Å². The zero-order valence-electron chi connectivity index (χ0n) is 11.8. The maximum absolute atomic E-state index is 5.21. The number of hydrogen-bond donors (Lipinski definition) is 0. The van der Waals surface area contributed by atoms with Crippen LogP contribution in [0.1, 0.15) is 58.4 Å². The first kappa shape index (κ1) is 14.1. The van der Waals surface area contributed by atoms with Crippen molar-refractivity contribution < 1.29 is 4.74 Å². The second kappa shape index (κ2) is 6.68. The highest BCUT2D eigenvalue weighted by molar-refractivity contribution is 5.31. The Kier molecular flexibility index (Phi) is 5.54. The normalized spacial score (nSPS) is 14.4. The van der Waals surface area contributed by atoms with Crippen molar-refractivity contribution >= 4 is 0 Å². The molecule has 1 nitrogen and oxygen atoms in total. The van der Waals surface area contributed by atoms with Gasteiger partial charge in [0.1, 0.15) is 5.75 Å². The average Bonchev–Trinajstić information content (AvgIpc) is 2.39. The number of hydrogen-bond acceptors (Lipinski definition) is 1. The molecular weight excluding hydrogens is 208 g/mol. The Labute approximate surface area is 106 Å². The van der Waals surface area contributed by atoms with E-state index in [1.54, 1.807) is 7.11 Å². The van der Waals surface area contributed by atoms with Crippen LogP contribution in [0.2, 0.25) is 0 Å². The molecule has 1 atom stereocenters. The number of unbranched alkanes of at least 4 members (excludes halogenated alkanes) is 2. The molecule has 1 rings (SSSR count). The molecule has 0 aromatic heterocycles. The summed E-state index contributed by atoms with van der Waals surface area (Å²) in [5.74, 6) is 0.945. The maximum Gasteiger partial charge on any atom is 0.118 e. The molecule has 0 aliphatic carbocycles. The molecule has 17 heavy (non-hydrogen) atoms. The van der Waals surface area contributed by atoms with Crippen LogP contribution in [0, 0.1) is 0 Å². The predicted octanol–water partition coefficient (Wildman–Crippen LogP) is 4.94. The lowest BCUT2D eigenvalue weighted by Crippen LogP contribution is -2.20. The molecule has 0 saturated carbocycles. The third kappa shape index (κ3) is 3.76. The van der Waals surface area contributed by atoms with Crippen LogP contribution in [0.3, 0.4) is 0 Å². The van der Waals surface area contributed by atoms with Gasteiger partial charge in [-0.05, 0) is 36.0 Å². The number of benzene rings is 1. The van der Waals surface area contributed by atoms with Gasteiger partial charge in [0.25, 0.3) is 0 Å². The molecular formula is C16H26O. The molecule has 0 N–H and O–H groups in total. The molecule has 96 valence electrons. The number of rotatable bonds is 7. The first-order valence-corrected chi connectivity index (χ1v) is 6.81. The smallest absolute Gasteiger partial charge is 0.118 e. The van der Waals surface area contributed by atoms with Crippen LogP contribution in [-0.4, -0.2) is 7.11 Å². The second-order valence-electron chi connectivity index (χ2n) is 5.10. The minimum absolute atomic E-state index is 0.321. The van der Waals surface area contributed by atoms with Gasteiger partial charge in [-0.1, -0.05) is 52.2 Å². The molecule has 0 amide bonds. The summed E-state index contributed by atoms with van der Waals surface area (Å²) in [7, 11) is 1.72. The van der Waals surface area contributed by atoms with Crippen molar-refractivity contribution in [1.29, 1.82) is 0 Å². The topological polar surface area (TPSA) is 9.23 Å². The third-order valence-electron chi connectivity index (χ3n) is 3.90. The Balaban J connectivity index is 2.75. The molecule has 0 fully saturated rings. The van der Waals surface area contributed by atoms with Crippen LogP contribution < -0.4 is 4.74 Å². The molecule has 0 bridgehead atoms. The molecule has 0 aliphatic rings. The van der Waals surface area contributed by atoms with Gasteiger partial charge in [0.15, 0.2) is 0 Å².